The van der Waals surface area contributed by atoms with Gasteiger partial charge in [-0.05, 0) is 37.3 Å². The van der Waals surface area contributed by atoms with Gasteiger partial charge in [-0.25, -0.2) is 0 Å². The summed E-state index contributed by atoms with van der Waals surface area (Å²) in [5.74, 6) is 0.849. The number of aryl methyl sites for hydroxylation is 1. The van der Waals surface area contributed by atoms with E-state index in [0.29, 0.717) is 0 Å². The molecule has 124 valence electrons. The third-order valence-electron chi connectivity index (χ3n) is 4.46. The van der Waals surface area contributed by atoms with E-state index in [4.69, 9.17) is 4.74 Å². The summed E-state index contributed by atoms with van der Waals surface area (Å²) in [6.45, 7) is 13.7. The number of piperidine rings is 1. The lowest BCUT2D eigenvalue weighted by Crippen LogP contribution is -2.42. The topological polar surface area (TPSA) is 28.6 Å². The molecule has 0 aliphatic carbocycles. The van der Waals surface area contributed by atoms with E-state index in [9.17, 15) is 0 Å². The smallest absolute Gasteiger partial charge is 0.0594 e. The van der Waals surface area contributed by atoms with E-state index in [0.717, 1.165) is 32.2 Å². The van der Waals surface area contributed by atoms with Gasteiger partial charge in [-0.2, -0.15) is 0 Å². The predicted octanol–water partition coefficient (Wildman–Crippen LogP) is 2.96. The monoisotopic (exact) mass is 305 g/mol. The number of nitrogens with zero attached hydrogens (tertiary/aromatic N) is 3. The number of aromatic nitrogens is 1. The van der Waals surface area contributed by atoms with Crippen LogP contribution in [0.1, 0.15) is 32.3 Å². The minimum atomic E-state index is 0.849. The zero-order valence-electron chi connectivity index (χ0n) is 14.4. The SMILES string of the molecule is CC.Cc1cncc(N2CCC(CN3CCOCC3)CC2)c1. The Balaban J connectivity index is 0.000000847. The van der Waals surface area contributed by atoms with Crippen molar-refractivity contribution in [3.05, 3.63) is 24.0 Å². The molecule has 2 aliphatic rings. The molecule has 2 saturated heterocycles. The van der Waals surface area contributed by atoms with Crippen LogP contribution in [-0.2, 0) is 4.74 Å². The molecule has 3 heterocycles. The van der Waals surface area contributed by atoms with Gasteiger partial charge < -0.3 is 9.64 Å². The van der Waals surface area contributed by atoms with E-state index in [1.165, 1.54) is 43.7 Å². The van der Waals surface area contributed by atoms with Crippen LogP contribution in [0.5, 0.6) is 0 Å². The van der Waals surface area contributed by atoms with Crippen LogP contribution >= 0.6 is 0 Å². The first kappa shape index (κ1) is 17.2. The van der Waals surface area contributed by atoms with Crippen LogP contribution in [0.2, 0.25) is 0 Å². The highest BCUT2D eigenvalue weighted by Crippen LogP contribution is 2.24. The molecule has 4 heteroatoms. The van der Waals surface area contributed by atoms with E-state index < -0.39 is 0 Å². The second-order valence-electron chi connectivity index (χ2n) is 6.06. The first-order chi connectivity index (χ1) is 10.8. The van der Waals surface area contributed by atoms with Gasteiger partial charge >= 0.3 is 0 Å². The third-order valence-corrected chi connectivity index (χ3v) is 4.46. The van der Waals surface area contributed by atoms with Crippen LogP contribution in [0.15, 0.2) is 18.5 Å². The number of rotatable bonds is 3. The van der Waals surface area contributed by atoms with E-state index in [-0.39, 0.29) is 0 Å². The van der Waals surface area contributed by atoms with E-state index in [1.54, 1.807) is 0 Å². The number of ether oxygens (including phenoxy) is 1. The first-order valence-corrected chi connectivity index (χ1v) is 8.78. The molecule has 0 N–H and O–H groups in total. The molecular weight excluding hydrogens is 274 g/mol. The number of hydrogen-bond donors (Lipinski definition) is 0. The molecule has 22 heavy (non-hydrogen) atoms. The Kier molecular flexibility index (Phi) is 7.13. The molecule has 0 spiro atoms. The minimum absolute atomic E-state index is 0.849. The highest BCUT2D eigenvalue weighted by molar-refractivity contribution is 5.46. The summed E-state index contributed by atoms with van der Waals surface area (Å²) in [6, 6.07) is 2.25. The maximum Gasteiger partial charge on any atom is 0.0594 e. The summed E-state index contributed by atoms with van der Waals surface area (Å²) < 4.78 is 5.42. The summed E-state index contributed by atoms with van der Waals surface area (Å²) in [5.41, 5.74) is 2.53. The second-order valence-corrected chi connectivity index (χ2v) is 6.06. The summed E-state index contributed by atoms with van der Waals surface area (Å²) >= 11 is 0. The second kappa shape index (κ2) is 9.11. The van der Waals surface area contributed by atoms with Crippen molar-refractivity contribution in [2.24, 2.45) is 5.92 Å². The maximum atomic E-state index is 5.42. The van der Waals surface area contributed by atoms with Gasteiger partial charge in [0.25, 0.3) is 0 Å². The molecule has 0 aromatic carbocycles. The van der Waals surface area contributed by atoms with Crippen LogP contribution in [-0.4, -0.2) is 55.8 Å². The van der Waals surface area contributed by atoms with Crippen LogP contribution in [0.25, 0.3) is 0 Å². The summed E-state index contributed by atoms with van der Waals surface area (Å²) in [4.78, 5) is 9.36. The summed E-state index contributed by atoms with van der Waals surface area (Å²) in [6.07, 6.45) is 6.51. The molecule has 4 nitrogen and oxygen atoms in total. The Bertz CT molecular complexity index is 424. The molecule has 0 saturated carbocycles. The van der Waals surface area contributed by atoms with Crippen molar-refractivity contribution in [2.45, 2.75) is 33.6 Å². The predicted molar refractivity (Wildman–Crippen MR) is 92.5 cm³/mol. The number of pyridine rings is 1. The van der Waals surface area contributed by atoms with E-state index >= 15 is 0 Å². The molecule has 0 unspecified atom stereocenters. The van der Waals surface area contributed by atoms with Crippen LogP contribution in [0, 0.1) is 12.8 Å². The molecule has 2 fully saturated rings. The summed E-state index contributed by atoms with van der Waals surface area (Å²) in [5, 5.41) is 0. The lowest BCUT2D eigenvalue weighted by molar-refractivity contribution is 0.0289. The highest BCUT2D eigenvalue weighted by Gasteiger charge is 2.22. The third kappa shape index (κ3) is 4.96. The molecule has 0 bridgehead atoms. The zero-order chi connectivity index (χ0) is 15.8. The normalized spacial score (nSPS) is 20.4. The number of anilines is 1. The lowest BCUT2D eigenvalue weighted by atomic mass is 9.95. The minimum Gasteiger partial charge on any atom is -0.379 e. The van der Waals surface area contributed by atoms with Crippen LogP contribution in [0.3, 0.4) is 0 Å². The van der Waals surface area contributed by atoms with Crippen LogP contribution in [0.4, 0.5) is 5.69 Å². The molecule has 0 radical (unpaired) electrons. The van der Waals surface area contributed by atoms with Crippen molar-refractivity contribution in [1.82, 2.24) is 9.88 Å². The van der Waals surface area contributed by atoms with Crippen molar-refractivity contribution >= 4 is 5.69 Å². The van der Waals surface area contributed by atoms with Gasteiger partial charge in [-0.1, -0.05) is 13.8 Å². The van der Waals surface area contributed by atoms with Gasteiger partial charge in [-0.15, -0.1) is 0 Å². The van der Waals surface area contributed by atoms with Crippen molar-refractivity contribution < 1.29 is 4.74 Å². The molecular formula is C18H31N3O. The summed E-state index contributed by atoms with van der Waals surface area (Å²) in [7, 11) is 0. The fourth-order valence-electron chi connectivity index (χ4n) is 3.23. The fourth-order valence-corrected chi connectivity index (χ4v) is 3.23. The van der Waals surface area contributed by atoms with Crippen LogP contribution < -0.4 is 4.90 Å². The van der Waals surface area contributed by atoms with Crippen molar-refractivity contribution in [3.63, 3.8) is 0 Å². The van der Waals surface area contributed by atoms with Gasteiger partial charge in [0.15, 0.2) is 0 Å². The Hall–Kier alpha value is -1.13. The molecule has 2 aliphatic heterocycles. The van der Waals surface area contributed by atoms with Crippen molar-refractivity contribution in [1.29, 1.82) is 0 Å². The van der Waals surface area contributed by atoms with Crippen molar-refractivity contribution in [3.8, 4) is 0 Å². The van der Waals surface area contributed by atoms with E-state index in [2.05, 4.69) is 27.8 Å². The van der Waals surface area contributed by atoms with Gasteiger partial charge in [0.2, 0.25) is 0 Å². The van der Waals surface area contributed by atoms with Gasteiger partial charge in [0, 0.05) is 38.9 Å². The van der Waals surface area contributed by atoms with Gasteiger partial charge in [0.05, 0.1) is 25.1 Å². The molecule has 0 amide bonds. The number of morpholine rings is 1. The average Bonchev–Trinajstić information content (AvgIpc) is 2.58. The Morgan fingerprint density at radius 3 is 2.41 bits per heavy atom. The standard InChI is InChI=1S/C16H25N3O.C2H6/c1-14-10-16(12-17-11-14)19-4-2-15(3-5-19)13-18-6-8-20-9-7-18;1-2/h10-12,15H,2-9,13H2,1H3;1-2H3. The lowest BCUT2D eigenvalue weighted by Gasteiger charge is -2.37. The fraction of sp³-hybridized carbons (Fsp3) is 0.722. The van der Waals surface area contributed by atoms with Gasteiger partial charge in [-0.3, -0.25) is 9.88 Å². The first-order valence-electron chi connectivity index (χ1n) is 8.78. The Labute approximate surface area is 135 Å². The molecule has 1 aromatic rings. The average molecular weight is 305 g/mol. The van der Waals surface area contributed by atoms with Crippen molar-refractivity contribution in [2.75, 3.05) is 50.8 Å². The molecule has 3 rings (SSSR count). The maximum absolute atomic E-state index is 5.42. The van der Waals surface area contributed by atoms with E-state index in [1.807, 2.05) is 26.2 Å². The molecule has 1 aromatic heterocycles. The quantitative estimate of drug-likeness (QED) is 0.858. The Morgan fingerprint density at radius 1 is 1.09 bits per heavy atom. The Morgan fingerprint density at radius 2 is 1.77 bits per heavy atom. The molecule has 0 atom stereocenters. The highest BCUT2D eigenvalue weighted by atomic mass is 16.5. The van der Waals surface area contributed by atoms with Gasteiger partial charge in [0.1, 0.15) is 0 Å². The number of hydrogen-bond acceptors (Lipinski definition) is 4. The zero-order valence-corrected chi connectivity index (χ0v) is 14.4. The largest absolute Gasteiger partial charge is 0.379 e.